The number of thioether (sulfide) groups is 1. The minimum atomic E-state index is -0.0429. The Morgan fingerprint density at radius 2 is 1.92 bits per heavy atom. The third-order valence-electron chi connectivity index (χ3n) is 4.00. The van der Waals surface area contributed by atoms with Gasteiger partial charge in [-0.3, -0.25) is 4.79 Å². The zero-order valence-electron chi connectivity index (χ0n) is 16.4. The third kappa shape index (κ3) is 5.32. The number of hydrogen-bond acceptors (Lipinski definition) is 5. The van der Waals surface area contributed by atoms with Gasteiger partial charge in [0.1, 0.15) is 0 Å². The van der Waals surface area contributed by atoms with Gasteiger partial charge in [-0.05, 0) is 17.9 Å². The Hall–Kier alpha value is -1.86. The van der Waals surface area contributed by atoms with Crippen molar-refractivity contribution >= 4 is 17.7 Å². The number of nitrogens with zero attached hydrogens (tertiary/aromatic N) is 3. The SMILES string of the molecule is COC[C@H](C)NC(=O)CSc1nnc(-c2ccc(C(C)(C)C)cc2)n1C. The van der Waals surface area contributed by atoms with Crippen LogP contribution in [0.1, 0.15) is 33.3 Å². The van der Waals surface area contributed by atoms with E-state index in [1.165, 1.54) is 17.3 Å². The van der Waals surface area contributed by atoms with Crippen LogP contribution in [-0.4, -0.2) is 46.2 Å². The summed E-state index contributed by atoms with van der Waals surface area (Å²) in [5.74, 6) is 1.04. The van der Waals surface area contributed by atoms with Crippen LogP contribution in [-0.2, 0) is 22.0 Å². The van der Waals surface area contributed by atoms with Gasteiger partial charge in [0.25, 0.3) is 0 Å². The van der Waals surface area contributed by atoms with Crippen molar-refractivity contribution in [2.45, 2.75) is 44.3 Å². The molecule has 0 radical (unpaired) electrons. The first-order chi connectivity index (χ1) is 12.2. The van der Waals surface area contributed by atoms with E-state index < -0.39 is 0 Å². The van der Waals surface area contributed by atoms with E-state index in [2.05, 4.69) is 60.6 Å². The average Bonchev–Trinajstić information content (AvgIpc) is 2.93. The molecule has 1 heterocycles. The predicted molar refractivity (Wildman–Crippen MR) is 105 cm³/mol. The van der Waals surface area contributed by atoms with Crippen LogP contribution in [0.3, 0.4) is 0 Å². The second-order valence-corrected chi connectivity index (χ2v) is 8.35. The van der Waals surface area contributed by atoms with Gasteiger partial charge in [0.05, 0.1) is 12.4 Å². The van der Waals surface area contributed by atoms with E-state index in [0.717, 1.165) is 16.5 Å². The molecule has 2 rings (SSSR count). The predicted octanol–water partition coefficient (Wildman–Crippen LogP) is 3.02. The molecule has 0 aliphatic carbocycles. The van der Waals surface area contributed by atoms with Crippen molar-refractivity contribution in [2.24, 2.45) is 7.05 Å². The molecule has 2 aromatic rings. The summed E-state index contributed by atoms with van der Waals surface area (Å²) in [5.41, 5.74) is 2.41. The molecule has 0 aliphatic heterocycles. The molecular weight excluding hydrogens is 348 g/mol. The highest BCUT2D eigenvalue weighted by Gasteiger charge is 2.16. The van der Waals surface area contributed by atoms with Crippen molar-refractivity contribution in [1.82, 2.24) is 20.1 Å². The monoisotopic (exact) mass is 376 g/mol. The number of benzene rings is 1. The van der Waals surface area contributed by atoms with Gasteiger partial charge >= 0.3 is 0 Å². The molecule has 6 nitrogen and oxygen atoms in total. The lowest BCUT2D eigenvalue weighted by Gasteiger charge is -2.19. The molecule has 0 aliphatic rings. The molecule has 26 heavy (non-hydrogen) atoms. The Labute approximate surface area is 159 Å². The van der Waals surface area contributed by atoms with E-state index in [9.17, 15) is 4.79 Å². The van der Waals surface area contributed by atoms with Crippen molar-refractivity contribution in [3.8, 4) is 11.4 Å². The second kappa shape index (κ2) is 8.68. The Morgan fingerprint density at radius 1 is 1.27 bits per heavy atom. The number of methoxy groups -OCH3 is 1. The standard InChI is InChI=1S/C19H28N4O2S/c1-13(11-25-6)20-16(24)12-26-18-22-21-17(23(18)5)14-7-9-15(10-8-14)19(2,3)4/h7-10,13H,11-12H2,1-6H3,(H,20,24)/t13-/m0/s1. The number of amides is 1. The van der Waals surface area contributed by atoms with E-state index >= 15 is 0 Å². The molecule has 0 bridgehead atoms. The molecule has 1 atom stereocenters. The summed E-state index contributed by atoms with van der Waals surface area (Å²) in [5, 5.41) is 12.1. The number of carbonyl (C=O) groups is 1. The first kappa shape index (κ1) is 20.5. The van der Waals surface area contributed by atoms with Crippen LogP contribution in [0, 0.1) is 0 Å². The minimum absolute atomic E-state index is 0.00973. The minimum Gasteiger partial charge on any atom is -0.383 e. The molecule has 1 aromatic carbocycles. The van der Waals surface area contributed by atoms with Crippen LogP contribution in [0.5, 0.6) is 0 Å². The fourth-order valence-electron chi connectivity index (χ4n) is 2.55. The quantitative estimate of drug-likeness (QED) is 0.752. The molecule has 1 aromatic heterocycles. The van der Waals surface area contributed by atoms with Crippen LogP contribution in [0.4, 0.5) is 0 Å². The number of aromatic nitrogens is 3. The van der Waals surface area contributed by atoms with Crippen LogP contribution in [0.25, 0.3) is 11.4 Å². The smallest absolute Gasteiger partial charge is 0.230 e. The fraction of sp³-hybridized carbons (Fsp3) is 0.526. The van der Waals surface area contributed by atoms with Gasteiger partial charge in [0, 0.05) is 25.8 Å². The highest BCUT2D eigenvalue weighted by atomic mass is 32.2. The molecule has 0 unspecified atom stereocenters. The van der Waals surface area contributed by atoms with Crippen LogP contribution in [0.2, 0.25) is 0 Å². The van der Waals surface area contributed by atoms with Gasteiger partial charge in [0.15, 0.2) is 11.0 Å². The molecule has 7 heteroatoms. The van der Waals surface area contributed by atoms with E-state index in [0.29, 0.717) is 12.4 Å². The highest BCUT2D eigenvalue weighted by molar-refractivity contribution is 7.99. The van der Waals surface area contributed by atoms with Gasteiger partial charge in [-0.15, -0.1) is 10.2 Å². The Bertz CT molecular complexity index is 735. The van der Waals surface area contributed by atoms with Crippen LogP contribution < -0.4 is 5.32 Å². The summed E-state index contributed by atoms with van der Waals surface area (Å²) in [6.07, 6.45) is 0. The summed E-state index contributed by atoms with van der Waals surface area (Å²) in [6.45, 7) is 8.98. The number of nitrogens with one attached hydrogen (secondary N) is 1. The lowest BCUT2D eigenvalue weighted by molar-refractivity contribution is -0.119. The van der Waals surface area contributed by atoms with Crippen LogP contribution >= 0.6 is 11.8 Å². The van der Waals surface area contributed by atoms with Gasteiger partial charge in [-0.25, -0.2) is 0 Å². The lowest BCUT2D eigenvalue weighted by Crippen LogP contribution is -2.36. The zero-order chi connectivity index (χ0) is 19.3. The molecule has 0 saturated heterocycles. The molecule has 0 spiro atoms. The average molecular weight is 377 g/mol. The third-order valence-corrected chi connectivity index (χ3v) is 5.02. The summed E-state index contributed by atoms with van der Waals surface area (Å²) >= 11 is 1.37. The molecule has 1 N–H and O–H groups in total. The topological polar surface area (TPSA) is 69.0 Å². The van der Waals surface area contributed by atoms with Crippen molar-refractivity contribution in [3.63, 3.8) is 0 Å². The molecule has 0 fully saturated rings. The summed E-state index contributed by atoms with van der Waals surface area (Å²) in [6, 6.07) is 8.38. The first-order valence-corrected chi connectivity index (χ1v) is 9.62. The molecular formula is C19H28N4O2S. The van der Waals surface area contributed by atoms with E-state index in [1.807, 2.05) is 18.5 Å². The maximum atomic E-state index is 12.0. The van der Waals surface area contributed by atoms with E-state index in [4.69, 9.17) is 4.74 Å². The number of ether oxygens (including phenoxy) is 1. The van der Waals surface area contributed by atoms with Crippen molar-refractivity contribution < 1.29 is 9.53 Å². The maximum absolute atomic E-state index is 12.0. The van der Waals surface area contributed by atoms with Gasteiger partial charge in [0.2, 0.25) is 5.91 Å². The van der Waals surface area contributed by atoms with Gasteiger partial charge < -0.3 is 14.6 Å². The maximum Gasteiger partial charge on any atom is 0.230 e. The Balaban J connectivity index is 2.02. The van der Waals surface area contributed by atoms with Crippen LogP contribution in [0.15, 0.2) is 29.4 Å². The lowest BCUT2D eigenvalue weighted by atomic mass is 9.87. The fourth-order valence-corrected chi connectivity index (χ4v) is 3.27. The van der Waals surface area contributed by atoms with Crippen molar-refractivity contribution in [1.29, 1.82) is 0 Å². The summed E-state index contributed by atoms with van der Waals surface area (Å²) in [4.78, 5) is 12.0. The van der Waals surface area contributed by atoms with Crippen molar-refractivity contribution in [2.75, 3.05) is 19.5 Å². The van der Waals surface area contributed by atoms with Gasteiger partial charge in [-0.2, -0.15) is 0 Å². The molecule has 1 amide bonds. The molecule has 142 valence electrons. The van der Waals surface area contributed by atoms with Gasteiger partial charge in [-0.1, -0.05) is 56.8 Å². The number of carbonyl (C=O) groups excluding carboxylic acids is 1. The Kier molecular flexibility index (Phi) is 6.83. The van der Waals surface area contributed by atoms with E-state index in [-0.39, 0.29) is 17.4 Å². The van der Waals surface area contributed by atoms with Crippen molar-refractivity contribution in [3.05, 3.63) is 29.8 Å². The zero-order valence-corrected chi connectivity index (χ0v) is 17.2. The Morgan fingerprint density at radius 3 is 2.50 bits per heavy atom. The first-order valence-electron chi connectivity index (χ1n) is 8.63. The summed E-state index contributed by atoms with van der Waals surface area (Å²) in [7, 11) is 3.54. The van der Waals surface area contributed by atoms with E-state index in [1.54, 1.807) is 7.11 Å². The molecule has 0 saturated carbocycles. The largest absolute Gasteiger partial charge is 0.383 e. The second-order valence-electron chi connectivity index (χ2n) is 7.41. The number of rotatable bonds is 7. The highest BCUT2D eigenvalue weighted by Crippen LogP contribution is 2.26. The summed E-state index contributed by atoms with van der Waals surface area (Å²) < 4.78 is 6.94. The normalized spacial score (nSPS) is 12.8. The number of hydrogen-bond donors (Lipinski definition) is 1.